The van der Waals surface area contributed by atoms with Crippen LogP contribution in [0.15, 0.2) is 0 Å². The molecule has 3 N–H and O–H groups in total. The molecule has 0 bridgehead atoms. The van der Waals surface area contributed by atoms with E-state index in [-0.39, 0.29) is 6.61 Å². The summed E-state index contributed by atoms with van der Waals surface area (Å²) in [5.41, 5.74) is 0. The SMILES string of the molecule is CCCCCCCCCCOC[C@H]1O[C@H](OCCCCCCCCCC)[C@H](O)[C@@H](O)[C@H]1O. The second-order valence-corrected chi connectivity index (χ2v) is 9.41. The van der Waals surface area contributed by atoms with Crippen molar-refractivity contribution in [2.24, 2.45) is 0 Å². The fourth-order valence-corrected chi connectivity index (χ4v) is 4.16. The molecular weight excluding hydrogens is 408 g/mol. The molecule has 5 atom stereocenters. The first-order valence-electron chi connectivity index (χ1n) is 13.5. The summed E-state index contributed by atoms with van der Waals surface area (Å²) in [4.78, 5) is 0. The maximum Gasteiger partial charge on any atom is 0.186 e. The highest BCUT2D eigenvalue weighted by Crippen LogP contribution is 2.23. The molecule has 0 unspecified atom stereocenters. The van der Waals surface area contributed by atoms with Gasteiger partial charge in [0.25, 0.3) is 0 Å². The van der Waals surface area contributed by atoms with Crippen molar-refractivity contribution in [3.05, 3.63) is 0 Å². The minimum absolute atomic E-state index is 0.194. The molecule has 1 rings (SSSR count). The number of hydrogen-bond donors (Lipinski definition) is 3. The van der Waals surface area contributed by atoms with E-state index < -0.39 is 30.7 Å². The predicted octanol–water partition coefficient (Wildman–Crippen LogP) is 5.11. The zero-order valence-corrected chi connectivity index (χ0v) is 20.9. The molecule has 1 aliphatic heterocycles. The average Bonchev–Trinajstić information content (AvgIpc) is 2.80. The summed E-state index contributed by atoms with van der Waals surface area (Å²) in [5.74, 6) is 0. The van der Waals surface area contributed by atoms with Crippen LogP contribution in [0.3, 0.4) is 0 Å². The van der Waals surface area contributed by atoms with Crippen LogP contribution in [0.4, 0.5) is 0 Å². The zero-order chi connectivity index (χ0) is 23.4. The Balaban J connectivity index is 2.13. The van der Waals surface area contributed by atoms with E-state index in [0.717, 1.165) is 25.7 Å². The number of aliphatic hydroxyl groups excluding tert-OH is 3. The van der Waals surface area contributed by atoms with Gasteiger partial charge in [-0.05, 0) is 12.8 Å². The Morgan fingerprint density at radius 3 is 1.56 bits per heavy atom. The van der Waals surface area contributed by atoms with Gasteiger partial charge in [-0.3, -0.25) is 0 Å². The fraction of sp³-hybridized carbons (Fsp3) is 1.00. The molecule has 0 aromatic rings. The Bertz CT molecular complexity index is 406. The summed E-state index contributed by atoms with van der Waals surface area (Å²) in [6.07, 6.45) is 14.2. The molecule has 32 heavy (non-hydrogen) atoms. The van der Waals surface area contributed by atoms with Crippen LogP contribution in [0.2, 0.25) is 0 Å². The first-order chi connectivity index (χ1) is 15.6. The van der Waals surface area contributed by atoms with Crippen LogP contribution in [-0.4, -0.2) is 65.8 Å². The molecule has 1 saturated heterocycles. The van der Waals surface area contributed by atoms with Crippen LogP contribution >= 0.6 is 0 Å². The van der Waals surface area contributed by atoms with Crippen molar-refractivity contribution in [1.29, 1.82) is 0 Å². The fourth-order valence-electron chi connectivity index (χ4n) is 4.16. The van der Waals surface area contributed by atoms with Gasteiger partial charge in [0.15, 0.2) is 6.29 Å². The molecule has 6 heteroatoms. The third-order valence-electron chi connectivity index (χ3n) is 6.37. The lowest BCUT2D eigenvalue weighted by molar-refractivity contribution is -0.302. The van der Waals surface area contributed by atoms with E-state index >= 15 is 0 Å². The third kappa shape index (κ3) is 13.5. The van der Waals surface area contributed by atoms with E-state index in [1.807, 2.05) is 0 Å². The molecule has 1 fully saturated rings. The van der Waals surface area contributed by atoms with Crippen molar-refractivity contribution in [2.45, 2.75) is 147 Å². The summed E-state index contributed by atoms with van der Waals surface area (Å²) < 4.78 is 17.1. The Hall–Kier alpha value is -0.240. The van der Waals surface area contributed by atoms with Crippen molar-refractivity contribution in [2.75, 3.05) is 19.8 Å². The van der Waals surface area contributed by atoms with E-state index in [4.69, 9.17) is 14.2 Å². The van der Waals surface area contributed by atoms with Gasteiger partial charge in [0.05, 0.1) is 6.61 Å². The minimum atomic E-state index is -1.29. The molecule has 0 amide bonds. The summed E-state index contributed by atoms with van der Waals surface area (Å²) in [5, 5.41) is 30.6. The first-order valence-corrected chi connectivity index (χ1v) is 13.5. The van der Waals surface area contributed by atoms with E-state index in [1.165, 1.54) is 77.0 Å². The molecule has 192 valence electrons. The molecule has 0 aromatic heterocycles. The Morgan fingerprint density at radius 2 is 1.03 bits per heavy atom. The largest absolute Gasteiger partial charge is 0.387 e. The Kier molecular flexibility index (Phi) is 18.8. The standard InChI is InChI=1S/C26H52O6/c1-3-5-7-9-11-13-15-17-19-30-21-22-23(27)24(28)25(29)26(32-22)31-20-18-16-14-12-10-8-6-4-2/h22-29H,3-21H2,1-2H3/t22-,23+,24+,25-,26+/m1/s1. The molecule has 0 aliphatic carbocycles. The summed E-state index contributed by atoms with van der Waals surface area (Å²) >= 11 is 0. The lowest BCUT2D eigenvalue weighted by atomic mass is 9.99. The third-order valence-corrected chi connectivity index (χ3v) is 6.37. The topological polar surface area (TPSA) is 88.4 Å². The maximum absolute atomic E-state index is 10.2. The van der Waals surface area contributed by atoms with E-state index in [9.17, 15) is 15.3 Å². The van der Waals surface area contributed by atoms with Crippen LogP contribution in [0.25, 0.3) is 0 Å². The molecule has 0 saturated carbocycles. The van der Waals surface area contributed by atoms with Crippen molar-refractivity contribution in [1.82, 2.24) is 0 Å². The minimum Gasteiger partial charge on any atom is -0.387 e. The van der Waals surface area contributed by atoms with E-state index in [0.29, 0.717) is 13.2 Å². The highest BCUT2D eigenvalue weighted by molar-refractivity contribution is 4.89. The number of aliphatic hydroxyl groups is 3. The van der Waals surface area contributed by atoms with Gasteiger partial charge < -0.3 is 29.5 Å². The van der Waals surface area contributed by atoms with Gasteiger partial charge in [-0.15, -0.1) is 0 Å². The molecule has 1 heterocycles. The van der Waals surface area contributed by atoms with Crippen LogP contribution in [0, 0.1) is 0 Å². The lowest BCUT2D eigenvalue weighted by Gasteiger charge is -2.40. The van der Waals surface area contributed by atoms with E-state index in [2.05, 4.69) is 13.8 Å². The van der Waals surface area contributed by atoms with Gasteiger partial charge in [-0.2, -0.15) is 0 Å². The zero-order valence-electron chi connectivity index (χ0n) is 20.9. The molecule has 1 aliphatic rings. The molecule has 0 aromatic carbocycles. The normalized spacial score (nSPS) is 26.0. The number of unbranched alkanes of at least 4 members (excludes halogenated alkanes) is 14. The molecule has 6 nitrogen and oxygen atoms in total. The second kappa shape index (κ2) is 20.2. The van der Waals surface area contributed by atoms with Gasteiger partial charge >= 0.3 is 0 Å². The van der Waals surface area contributed by atoms with Crippen LogP contribution in [0.1, 0.15) is 117 Å². The first kappa shape index (κ1) is 29.8. The van der Waals surface area contributed by atoms with Crippen LogP contribution in [-0.2, 0) is 14.2 Å². The smallest absolute Gasteiger partial charge is 0.186 e. The van der Waals surface area contributed by atoms with Gasteiger partial charge in [0.2, 0.25) is 0 Å². The highest BCUT2D eigenvalue weighted by Gasteiger charge is 2.44. The van der Waals surface area contributed by atoms with Crippen molar-refractivity contribution >= 4 is 0 Å². The van der Waals surface area contributed by atoms with Gasteiger partial charge in [-0.25, -0.2) is 0 Å². The number of ether oxygens (including phenoxy) is 3. The predicted molar refractivity (Wildman–Crippen MR) is 129 cm³/mol. The van der Waals surface area contributed by atoms with E-state index in [1.54, 1.807) is 0 Å². The van der Waals surface area contributed by atoms with Crippen molar-refractivity contribution in [3.63, 3.8) is 0 Å². The summed E-state index contributed by atoms with van der Waals surface area (Å²) in [6.45, 7) is 5.74. The van der Waals surface area contributed by atoms with Gasteiger partial charge in [-0.1, -0.05) is 104 Å². The second-order valence-electron chi connectivity index (χ2n) is 9.41. The lowest BCUT2D eigenvalue weighted by Crippen LogP contribution is -2.59. The van der Waals surface area contributed by atoms with Crippen LogP contribution < -0.4 is 0 Å². The monoisotopic (exact) mass is 460 g/mol. The number of hydrogen-bond acceptors (Lipinski definition) is 6. The quantitative estimate of drug-likeness (QED) is 0.206. The summed E-state index contributed by atoms with van der Waals surface area (Å²) in [6, 6.07) is 0. The summed E-state index contributed by atoms with van der Waals surface area (Å²) in [7, 11) is 0. The Morgan fingerprint density at radius 1 is 0.562 bits per heavy atom. The maximum atomic E-state index is 10.2. The average molecular weight is 461 g/mol. The number of rotatable bonds is 21. The molecule has 0 spiro atoms. The van der Waals surface area contributed by atoms with Crippen molar-refractivity contribution in [3.8, 4) is 0 Å². The van der Waals surface area contributed by atoms with Crippen molar-refractivity contribution < 1.29 is 29.5 Å². The highest BCUT2D eigenvalue weighted by atomic mass is 16.7. The molecule has 0 radical (unpaired) electrons. The van der Waals surface area contributed by atoms with Gasteiger partial charge in [0.1, 0.15) is 24.4 Å². The molecular formula is C26H52O6. The van der Waals surface area contributed by atoms with Crippen LogP contribution in [0.5, 0.6) is 0 Å². The van der Waals surface area contributed by atoms with Gasteiger partial charge in [0, 0.05) is 13.2 Å². The Labute approximate surface area is 197 Å².